The molecule has 0 radical (unpaired) electrons. The van der Waals surface area contributed by atoms with Crippen LogP contribution < -0.4 is 0 Å². The van der Waals surface area contributed by atoms with Crippen LogP contribution in [0.3, 0.4) is 0 Å². The van der Waals surface area contributed by atoms with Gasteiger partial charge in [0.1, 0.15) is 0 Å². The third-order valence-corrected chi connectivity index (χ3v) is 5.09. The molecule has 1 aliphatic heterocycles. The molecular formula is C22H21N3. The Morgan fingerprint density at radius 3 is 2.24 bits per heavy atom. The van der Waals surface area contributed by atoms with E-state index in [1.165, 1.54) is 16.8 Å². The quantitative estimate of drug-likeness (QED) is 0.748. The predicted octanol–water partition coefficient (Wildman–Crippen LogP) is 3.70. The second-order valence-electron chi connectivity index (χ2n) is 6.64. The Morgan fingerprint density at radius 1 is 0.880 bits per heavy atom. The van der Waals surface area contributed by atoms with Gasteiger partial charge in [0.05, 0.1) is 6.07 Å². The number of benzene rings is 2. The first-order valence-electron chi connectivity index (χ1n) is 8.72. The summed E-state index contributed by atoms with van der Waals surface area (Å²) in [5.74, 6) is 0. The maximum Gasteiger partial charge on any atom is 0.0918 e. The first-order valence-corrected chi connectivity index (χ1v) is 8.72. The predicted molar refractivity (Wildman–Crippen MR) is 103 cm³/mol. The molecule has 0 unspecified atom stereocenters. The second kappa shape index (κ2) is 6.58. The molecule has 0 N–H and O–H groups in total. The molecule has 3 heteroatoms. The van der Waals surface area contributed by atoms with Gasteiger partial charge in [-0.2, -0.15) is 5.26 Å². The molecule has 3 nitrogen and oxygen atoms in total. The van der Waals surface area contributed by atoms with E-state index in [1.807, 2.05) is 6.07 Å². The van der Waals surface area contributed by atoms with Crippen LogP contribution in [0.5, 0.6) is 0 Å². The van der Waals surface area contributed by atoms with Crippen LogP contribution in [0.25, 0.3) is 17.3 Å². The van der Waals surface area contributed by atoms with Crippen LogP contribution in [0.2, 0.25) is 0 Å². The van der Waals surface area contributed by atoms with Crippen molar-refractivity contribution in [3.05, 3.63) is 76.9 Å². The van der Waals surface area contributed by atoms with Gasteiger partial charge in [-0.25, -0.2) is 0 Å². The number of nitrogens with zero attached hydrogens (tertiary/aromatic N) is 3. The zero-order valence-electron chi connectivity index (χ0n) is 14.4. The SMILES string of the molecule is CN1CCN(C2=Cc3ccccc3C(=CC#N)c3ccccc32)CC1. The number of allylic oxidation sites excluding steroid dienone is 1. The van der Waals surface area contributed by atoms with Crippen LogP contribution >= 0.6 is 0 Å². The summed E-state index contributed by atoms with van der Waals surface area (Å²) >= 11 is 0. The van der Waals surface area contributed by atoms with Gasteiger partial charge in [0.2, 0.25) is 0 Å². The molecule has 2 aromatic rings. The highest BCUT2D eigenvalue weighted by Crippen LogP contribution is 2.38. The summed E-state index contributed by atoms with van der Waals surface area (Å²) in [5, 5.41) is 9.35. The average Bonchev–Trinajstić information content (AvgIpc) is 2.79. The van der Waals surface area contributed by atoms with E-state index in [2.05, 4.69) is 71.5 Å². The highest BCUT2D eigenvalue weighted by atomic mass is 15.2. The van der Waals surface area contributed by atoms with Crippen LogP contribution in [0.4, 0.5) is 0 Å². The van der Waals surface area contributed by atoms with Gasteiger partial charge in [0.25, 0.3) is 0 Å². The second-order valence-corrected chi connectivity index (χ2v) is 6.64. The normalized spacial score (nSPS) is 18.8. The summed E-state index contributed by atoms with van der Waals surface area (Å²) < 4.78 is 0. The van der Waals surface area contributed by atoms with Crippen LogP contribution in [0.1, 0.15) is 22.3 Å². The summed E-state index contributed by atoms with van der Waals surface area (Å²) in [6.45, 7) is 4.19. The molecule has 2 aliphatic rings. The Hall–Kier alpha value is -2.83. The molecule has 0 spiro atoms. The Labute approximate surface area is 149 Å². The van der Waals surface area contributed by atoms with Crippen LogP contribution in [-0.4, -0.2) is 43.0 Å². The zero-order chi connectivity index (χ0) is 17.2. The molecule has 124 valence electrons. The lowest BCUT2D eigenvalue weighted by molar-refractivity contribution is 0.208. The molecule has 0 saturated carbocycles. The van der Waals surface area contributed by atoms with Crippen molar-refractivity contribution in [3.63, 3.8) is 0 Å². The topological polar surface area (TPSA) is 30.3 Å². The van der Waals surface area contributed by atoms with E-state index in [4.69, 9.17) is 0 Å². The van der Waals surface area contributed by atoms with Gasteiger partial charge in [-0.3, -0.25) is 0 Å². The van der Waals surface area contributed by atoms with Crippen molar-refractivity contribution in [1.82, 2.24) is 9.80 Å². The minimum atomic E-state index is 1.01. The standard InChI is InChI=1S/C22H21N3/c1-24-12-14-25(15-13-24)22-16-17-6-2-3-7-18(17)20(10-11-23)19-8-4-5-9-21(19)22/h2-10,16H,12-15H2,1H3. The number of fused-ring (bicyclic) bond motifs is 2. The number of rotatable bonds is 1. The Bertz CT molecular complexity index is 893. The molecule has 0 aromatic heterocycles. The number of nitriles is 1. The van der Waals surface area contributed by atoms with Gasteiger partial charge in [0, 0.05) is 49.1 Å². The molecule has 1 heterocycles. The van der Waals surface area contributed by atoms with Crippen LogP contribution in [0, 0.1) is 11.3 Å². The van der Waals surface area contributed by atoms with Crippen molar-refractivity contribution in [2.45, 2.75) is 0 Å². The number of piperazine rings is 1. The smallest absolute Gasteiger partial charge is 0.0918 e. The van der Waals surface area contributed by atoms with E-state index in [1.54, 1.807) is 6.08 Å². The minimum absolute atomic E-state index is 1.01. The average molecular weight is 327 g/mol. The van der Waals surface area contributed by atoms with Crippen molar-refractivity contribution < 1.29 is 0 Å². The summed E-state index contributed by atoms with van der Waals surface area (Å²) in [5.41, 5.74) is 6.92. The molecular weight excluding hydrogens is 306 g/mol. The van der Waals surface area contributed by atoms with Gasteiger partial charge >= 0.3 is 0 Å². The van der Waals surface area contributed by atoms with Gasteiger partial charge in [-0.1, -0.05) is 48.5 Å². The van der Waals surface area contributed by atoms with Crippen molar-refractivity contribution >= 4 is 17.3 Å². The first kappa shape index (κ1) is 15.7. The molecule has 1 aliphatic carbocycles. The third-order valence-electron chi connectivity index (χ3n) is 5.09. The Morgan fingerprint density at radius 2 is 1.52 bits per heavy atom. The van der Waals surface area contributed by atoms with E-state index in [0.717, 1.165) is 42.9 Å². The Kier molecular flexibility index (Phi) is 4.13. The summed E-state index contributed by atoms with van der Waals surface area (Å²) in [6, 6.07) is 19.1. The van der Waals surface area contributed by atoms with E-state index >= 15 is 0 Å². The van der Waals surface area contributed by atoms with Gasteiger partial charge in [-0.05, 0) is 29.8 Å². The molecule has 0 atom stereocenters. The molecule has 2 aromatic carbocycles. The maximum atomic E-state index is 9.35. The van der Waals surface area contributed by atoms with Crippen molar-refractivity contribution in [2.24, 2.45) is 0 Å². The van der Waals surface area contributed by atoms with E-state index in [9.17, 15) is 5.26 Å². The lowest BCUT2D eigenvalue weighted by Gasteiger charge is -2.36. The van der Waals surface area contributed by atoms with E-state index in [0.29, 0.717) is 0 Å². The van der Waals surface area contributed by atoms with Crippen LogP contribution in [-0.2, 0) is 0 Å². The highest BCUT2D eigenvalue weighted by molar-refractivity contribution is 5.98. The van der Waals surface area contributed by atoms with Crippen molar-refractivity contribution in [3.8, 4) is 6.07 Å². The molecule has 25 heavy (non-hydrogen) atoms. The summed E-state index contributed by atoms with van der Waals surface area (Å²) in [6.07, 6.45) is 3.97. The fourth-order valence-corrected chi connectivity index (χ4v) is 3.71. The van der Waals surface area contributed by atoms with E-state index < -0.39 is 0 Å². The fourth-order valence-electron chi connectivity index (χ4n) is 3.71. The molecule has 0 bridgehead atoms. The lowest BCUT2D eigenvalue weighted by atomic mass is 9.93. The highest BCUT2D eigenvalue weighted by Gasteiger charge is 2.24. The fraction of sp³-hybridized carbons (Fsp3) is 0.227. The number of hydrogen-bond donors (Lipinski definition) is 0. The van der Waals surface area contributed by atoms with Crippen molar-refractivity contribution in [1.29, 1.82) is 5.26 Å². The minimum Gasteiger partial charge on any atom is -0.368 e. The number of likely N-dealkylation sites (N-methyl/N-ethyl adjacent to an activating group) is 1. The Balaban J connectivity index is 1.92. The largest absolute Gasteiger partial charge is 0.368 e. The molecule has 0 amide bonds. The third kappa shape index (κ3) is 2.86. The molecule has 1 saturated heterocycles. The number of hydrogen-bond acceptors (Lipinski definition) is 3. The van der Waals surface area contributed by atoms with E-state index in [-0.39, 0.29) is 0 Å². The molecule has 4 rings (SSSR count). The van der Waals surface area contributed by atoms with Gasteiger partial charge in [-0.15, -0.1) is 0 Å². The first-order chi connectivity index (χ1) is 12.3. The lowest BCUT2D eigenvalue weighted by Crippen LogP contribution is -2.43. The maximum absolute atomic E-state index is 9.35. The zero-order valence-corrected chi connectivity index (χ0v) is 14.4. The molecule has 1 fully saturated rings. The summed E-state index contributed by atoms with van der Waals surface area (Å²) in [7, 11) is 2.18. The van der Waals surface area contributed by atoms with Gasteiger partial charge in [0.15, 0.2) is 0 Å². The summed E-state index contributed by atoms with van der Waals surface area (Å²) in [4.78, 5) is 4.85. The van der Waals surface area contributed by atoms with Gasteiger partial charge < -0.3 is 9.80 Å². The van der Waals surface area contributed by atoms with Crippen LogP contribution in [0.15, 0.2) is 54.6 Å². The van der Waals surface area contributed by atoms with Crippen molar-refractivity contribution in [2.75, 3.05) is 33.2 Å². The monoisotopic (exact) mass is 327 g/mol.